The minimum absolute atomic E-state index is 0.00468. The quantitative estimate of drug-likeness (QED) is 0.233. The Balaban J connectivity index is 1.51. The van der Waals surface area contributed by atoms with E-state index >= 15 is 0 Å². The van der Waals surface area contributed by atoms with Gasteiger partial charge in [-0.2, -0.15) is 0 Å². The monoisotopic (exact) mass is 560 g/mol. The predicted molar refractivity (Wildman–Crippen MR) is 140 cm³/mol. The number of nitrogens with zero attached hydrogens (tertiary/aromatic N) is 2. The molecule has 1 aliphatic rings. The number of carbonyl (C=O) groups is 2. The molecule has 4 rings (SSSR count). The third kappa shape index (κ3) is 7.03. The Hall–Kier alpha value is -3.37. The number of hydrogen-bond donors (Lipinski definition) is 1. The van der Waals surface area contributed by atoms with Crippen LogP contribution in [0.4, 0.5) is 17.6 Å². The summed E-state index contributed by atoms with van der Waals surface area (Å²) in [5.41, 5.74) is -2.35. The average Bonchev–Trinajstić information content (AvgIpc) is 3.26. The molecule has 1 aromatic heterocycles. The number of halogens is 4. The summed E-state index contributed by atoms with van der Waals surface area (Å²) in [6.45, 7) is 7.84. The molecule has 0 saturated carbocycles. The highest BCUT2D eigenvalue weighted by molar-refractivity contribution is 5.96. The van der Waals surface area contributed by atoms with Crippen molar-refractivity contribution in [3.05, 3.63) is 77.0 Å². The summed E-state index contributed by atoms with van der Waals surface area (Å²) >= 11 is 0. The van der Waals surface area contributed by atoms with E-state index in [9.17, 15) is 32.3 Å². The average molecular weight is 561 g/mol. The maximum absolute atomic E-state index is 14.2. The van der Waals surface area contributed by atoms with Crippen molar-refractivity contribution in [3.63, 3.8) is 0 Å². The summed E-state index contributed by atoms with van der Waals surface area (Å²) in [7, 11) is 0. The second-order valence-corrected chi connectivity index (χ2v) is 12.2. The molecular weight excluding hydrogens is 528 g/mol. The number of aromatic nitrogens is 1. The fraction of sp³-hybridized carbons (Fsp3) is 0.433. The molecule has 6 nitrogen and oxygen atoms in total. The van der Waals surface area contributed by atoms with Gasteiger partial charge >= 0.3 is 0 Å². The van der Waals surface area contributed by atoms with E-state index in [0.717, 1.165) is 12.1 Å². The number of likely N-dealkylation sites (tertiary alicyclic amines) is 1. The van der Waals surface area contributed by atoms with E-state index in [0.29, 0.717) is 31.3 Å². The lowest BCUT2D eigenvalue weighted by Crippen LogP contribution is -2.60. The molecule has 214 valence electrons. The molecule has 1 N–H and O–H groups in total. The molecule has 1 aliphatic heterocycles. The van der Waals surface area contributed by atoms with Gasteiger partial charge in [0.25, 0.3) is 0 Å². The molecule has 40 heavy (non-hydrogen) atoms. The van der Waals surface area contributed by atoms with E-state index in [1.165, 1.54) is 24.3 Å². The van der Waals surface area contributed by atoms with Gasteiger partial charge in [0.2, 0.25) is 0 Å². The summed E-state index contributed by atoms with van der Waals surface area (Å²) in [6, 6.07) is 7.41. The molecule has 0 unspecified atom stereocenters. The van der Waals surface area contributed by atoms with Gasteiger partial charge in [-0.15, -0.1) is 0 Å². The molecule has 0 atom stereocenters. The first-order valence-corrected chi connectivity index (χ1v) is 12.9. The first-order chi connectivity index (χ1) is 18.5. The molecule has 0 bridgehead atoms. The lowest BCUT2D eigenvalue weighted by atomic mass is 9.69. The molecule has 1 fully saturated rings. The van der Waals surface area contributed by atoms with Crippen LogP contribution < -0.4 is 0 Å². The fourth-order valence-corrected chi connectivity index (χ4v) is 5.52. The maximum atomic E-state index is 14.2. The third-order valence-electron chi connectivity index (χ3n) is 7.11. The Labute approximate surface area is 230 Å². The van der Waals surface area contributed by atoms with Crippen LogP contribution in [-0.4, -0.2) is 52.0 Å². The summed E-state index contributed by atoms with van der Waals surface area (Å²) in [5.74, 6) is -3.71. The lowest BCUT2D eigenvalue weighted by Gasteiger charge is -2.51. The Morgan fingerprint density at radius 1 is 0.950 bits per heavy atom. The highest BCUT2D eigenvalue weighted by Gasteiger charge is 2.47. The highest BCUT2D eigenvalue weighted by Crippen LogP contribution is 2.41. The van der Waals surface area contributed by atoms with Crippen molar-refractivity contribution in [3.8, 4) is 11.3 Å². The number of benzene rings is 2. The number of ketones is 2. The zero-order chi connectivity index (χ0) is 29.5. The first kappa shape index (κ1) is 29.6. The highest BCUT2D eigenvalue weighted by atomic mass is 19.1. The van der Waals surface area contributed by atoms with Crippen molar-refractivity contribution in [1.82, 2.24) is 10.1 Å². The van der Waals surface area contributed by atoms with Gasteiger partial charge in [0.15, 0.2) is 11.5 Å². The van der Waals surface area contributed by atoms with E-state index in [-0.39, 0.29) is 42.1 Å². The summed E-state index contributed by atoms with van der Waals surface area (Å²) in [5, 5.41) is 14.0. The van der Waals surface area contributed by atoms with Gasteiger partial charge in [-0.3, -0.25) is 14.5 Å². The van der Waals surface area contributed by atoms with Gasteiger partial charge in [0, 0.05) is 62.5 Å². The molecule has 0 spiro atoms. The SMILES string of the molecule is CC(C)(O)CN1CC(CC(=O)CC(C)(C)c2cc(F)cc(F)c2)(CC(=O)c2cc(-c3ccc(F)cc3F)on2)C1. The van der Waals surface area contributed by atoms with Crippen LogP contribution in [0, 0.1) is 28.7 Å². The minimum atomic E-state index is -0.982. The first-order valence-electron chi connectivity index (χ1n) is 12.9. The molecule has 0 amide bonds. The minimum Gasteiger partial charge on any atom is -0.389 e. The molecular formula is C30H32F4N2O4. The van der Waals surface area contributed by atoms with Gasteiger partial charge in [0.1, 0.15) is 34.7 Å². The van der Waals surface area contributed by atoms with Crippen molar-refractivity contribution < 1.29 is 36.8 Å². The van der Waals surface area contributed by atoms with Gasteiger partial charge < -0.3 is 9.63 Å². The van der Waals surface area contributed by atoms with Gasteiger partial charge in [-0.05, 0) is 49.1 Å². The van der Waals surface area contributed by atoms with Crippen LogP contribution >= 0.6 is 0 Å². The van der Waals surface area contributed by atoms with Crippen LogP contribution in [0.5, 0.6) is 0 Å². The second kappa shape index (κ2) is 10.9. The molecule has 1 saturated heterocycles. The molecule has 0 aliphatic carbocycles. The van der Waals surface area contributed by atoms with E-state index in [4.69, 9.17) is 4.52 Å². The van der Waals surface area contributed by atoms with Crippen molar-refractivity contribution in [1.29, 1.82) is 0 Å². The second-order valence-electron chi connectivity index (χ2n) is 12.2. The number of carbonyl (C=O) groups excluding carboxylic acids is 2. The van der Waals surface area contributed by atoms with Crippen LogP contribution in [0.15, 0.2) is 47.0 Å². The van der Waals surface area contributed by atoms with Crippen LogP contribution in [-0.2, 0) is 10.2 Å². The predicted octanol–water partition coefficient (Wildman–Crippen LogP) is 5.87. The number of β-amino-alcohol motifs (C(OH)–C–C–N with tert-alkyl or cyclic N) is 1. The van der Waals surface area contributed by atoms with Gasteiger partial charge in [0.05, 0.1) is 11.2 Å². The Bertz CT molecular complexity index is 1400. The third-order valence-corrected chi connectivity index (χ3v) is 7.11. The largest absolute Gasteiger partial charge is 0.389 e. The summed E-state index contributed by atoms with van der Waals surface area (Å²) in [4.78, 5) is 28.5. The van der Waals surface area contributed by atoms with Gasteiger partial charge in [-0.1, -0.05) is 19.0 Å². The molecule has 2 aromatic carbocycles. The lowest BCUT2D eigenvalue weighted by molar-refractivity contribution is -0.127. The number of aliphatic hydroxyl groups is 1. The molecule has 0 radical (unpaired) electrons. The van der Waals surface area contributed by atoms with Crippen molar-refractivity contribution in [2.45, 2.75) is 58.0 Å². The topological polar surface area (TPSA) is 83.6 Å². The Morgan fingerprint density at radius 3 is 2.20 bits per heavy atom. The van der Waals surface area contributed by atoms with E-state index in [1.54, 1.807) is 27.7 Å². The van der Waals surface area contributed by atoms with Crippen LogP contribution in [0.3, 0.4) is 0 Å². The molecule has 2 heterocycles. The zero-order valence-corrected chi connectivity index (χ0v) is 22.9. The number of rotatable bonds is 11. The summed E-state index contributed by atoms with van der Waals surface area (Å²) in [6.07, 6.45) is -0.0388. The van der Waals surface area contributed by atoms with Crippen molar-refractivity contribution >= 4 is 11.6 Å². The van der Waals surface area contributed by atoms with E-state index < -0.39 is 45.5 Å². The normalized spacial score (nSPS) is 15.6. The Morgan fingerprint density at radius 2 is 1.60 bits per heavy atom. The van der Waals surface area contributed by atoms with Gasteiger partial charge in [-0.25, -0.2) is 17.6 Å². The van der Waals surface area contributed by atoms with E-state index in [1.807, 2.05) is 4.90 Å². The standard InChI is InChI=1S/C30H32F4N2O4/c1-28(2,18-7-20(32)9-21(33)8-18)12-22(37)13-30(16-36(17-30)15-29(3,4)39)14-26(38)25-11-27(40-35-25)23-6-5-19(31)10-24(23)34/h5-11,39H,12-17H2,1-4H3. The number of Topliss-reactive ketones (excluding diaryl/α,β-unsaturated/α-hetero) is 2. The van der Waals surface area contributed by atoms with Crippen molar-refractivity contribution in [2.75, 3.05) is 19.6 Å². The van der Waals surface area contributed by atoms with Crippen LogP contribution in [0.1, 0.15) is 63.0 Å². The van der Waals surface area contributed by atoms with Crippen LogP contribution in [0.25, 0.3) is 11.3 Å². The fourth-order valence-electron chi connectivity index (χ4n) is 5.52. The van der Waals surface area contributed by atoms with Crippen LogP contribution in [0.2, 0.25) is 0 Å². The summed E-state index contributed by atoms with van der Waals surface area (Å²) < 4.78 is 60.3. The molecule has 3 aromatic rings. The van der Waals surface area contributed by atoms with E-state index in [2.05, 4.69) is 5.16 Å². The molecule has 10 heteroatoms. The maximum Gasteiger partial charge on any atom is 0.185 e. The Kier molecular flexibility index (Phi) is 8.06. The number of hydrogen-bond acceptors (Lipinski definition) is 6. The zero-order valence-electron chi connectivity index (χ0n) is 22.9. The smallest absolute Gasteiger partial charge is 0.185 e. The van der Waals surface area contributed by atoms with Crippen molar-refractivity contribution in [2.24, 2.45) is 5.41 Å².